The lowest BCUT2D eigenvalue weighted by molar-refractivity contribution is -0.147. The molecule has 1 aromatic rings. The molecule has 1 saturated heterocycles. The molecule has 0 radical (unpaired) electrons. The van der Waals surface area contributed by atoms with Gasteiger partial charge in [-0.25, -0.2) is 8.42 Å². The molecule has 1 unspecified atom stereocenters. The Bertz CT molecular complexity index is 494. The molecule has 0 aromatic carbocycles. The zero-order chi connectivity index (χ0) is 11.8. The van der Waals surface area contributed by atoms with Crippen LogP contribution in [0.4, 0.5) is 0 Å². The molecule has 1 N–H and O–H groups in total. The van der Waals surface area contributed by atoms with Crippen LogP contribution in [0.2, 0.25) is 0 Å². The normalized spacial score (nSPS) is 28.0. The number of nitrogens with zero attached hydrogens (tertiary/aromatic N) is 1. The SMILES string of the molecule is O=C(O)C1(Cc2cncs2)CCS(=O)(=O)C1. The third-order valence-corrected chi connectivity index (χ3v) is 5.44. The number of carbonyl (C=O) groups is 1. The van der Waals surface area contributed by atoms with Gasteiger partial charge in [-0.2, -0.15) is 0 Å². The highest BCUT2D eigenvalue weighted by atomic mass is 32.2. The van der Waals surface area contributed by atoms with Crippen molar-refractivity contribution in [1.29, 1.82) is 0 Å². The van der Waals surface area contributed by atoms with Crippen molar-refractivity contribution in [2.75, 3.05) is 11.5 Å². The van der Waals surface area contributed by atoms with Crippen LogP contribution in [0.25, 0.3) is 0 Å². The van der Waals surface area contributed by atoms with Crippen LogP contribution in [0.3, 0.4) is 0 Å². The third kappa shape index (κ3) is 2.10. The van der Waals surface area contributed by atoms with Crippen molar-refractivity contribution in [3.05, 3.63) is 16.6 Å². The molecule has 0 bridgehead atoms. The van der Waals surface area contributed by atoms with E-state index in [1.54, 1.807) is 11.7 Å². The van der Waals surface area contributed by atoms with Gasteiger partial charge in [0, 0.05) is 17.5 Å². The lowest BCUT2D eigenvalue weighted by Gasteiger charge is -2.20. The van der Waals surface area contributed by atoms with Crippen LogP contribution in [0.1, 0.15) is 11.3 Å². The summed E-state index contributed by atoms with van der Waals surface area (Å²) in [6.45, 7) is 0. The van der Waals surface area contributed by atoms with Crippen LogP contribution in [0.15, 0.2) is 11.7 Å². The Hall–Kier alpha value is -0.950. The highest BCUT2D eigenvalue weighted by Crippen LogP contribution is 2.36. The Kier molecular flexibility index (Phi) is 2.75. The summed E-state index contributed by atoms with van der Waals surface area (Å²) < 4.78 is 22.8. The van der Waals surface area contributed by atoms with Crippen LogP contribution >= 0.6 is 11.3 Å². The molecule has 16 heavy (non-hydrogen) atoms. The van der Waals surface area contributed by atoms with Gasteiger partial charge in [-0.1, -0.05) is 0 Å². The molecule has 1 aromatic heterocycles. The summed E-state index contributed by atoms with van der Waals surface area (Å²) in [7, 11) is -3.20. The molecule has 0 aliphatic carbocycles. The Morgan fingerprint density at radius 1 is 1.62 bits per heavy atom. The van der Waals surface area contributed by atoms with Crippen LogP contribution in [0, 0.1) is 5.41 Å². The van der Waals surface area contributed by atoms with Gasteiger partial charge in [0.25, 0.3) is 0 Å². The molecule has 1 atom stereocenters. The number of thiazole rings is 1. The molecular weight excluding hydrogens is 250 g/mol. The van der Waals surface area contributed by atoms with E-state index in [2.05, 4.69) is 4.98 Å². The second kappa shape index (κ2) is 3.81. The Labute approximate surface area is 97.1 Å². The quantitative estimate of drug-likeness (QED) is 0.860. The molecule has 0 saturated carbocycles. The van der Waals surface area contributed by atoms with Gasteiger partial charge in [-0.05, 0) is 6.42 Å². The topological polar surface area (TPSA) is 84.3 Å². The largest absolute Gasteiger partial charge is 0.481 e. The van der Waals surface area contributed by atoms with E-state index < -0.39 is 21.2 Å². The molecule has 1 fully saturated rings. The van der Waals surface area contributed by atoms with Gasteiger partial charge >= 0.3 is 5.97 Å². The molecule has 7 heteroatoms. The Morgan fingerprint density at radius 2 is 2.38 bits per heavy atom. The molecule has 5 nitrogen and oxygen atoms in total. The van der Waals surface area contributed by atoms with Crippen molar-refractivity contribution >= 4 is 27.1 Å². The fourth-order valence-electron chi connectivity index (χ4n) is 1.96. The van der Waals surface area contributed by atoms with Gasteiger partial charge in [0.15, 0.2) is 9.84 Å². The van der Waals surface area contributed by atoms with E-state index in [-0.39, 0.29) is 24.3 Å². The number of hydrogen-bond donors (Lipinski definition) is 1. The molecular formula is C9H11NO4S2. The van der Waals surface area contributed by atoms with Crippen molar-refractivity contribution in [2.45, 2.75) is 12.8 Å². The van der Waals surface area contributed by atoms with E-state index in [9.17, 15) is 18.3 Å². The first-order valence-electron chi connectivity index (χ1n) is 4.75. The fourth-order valence-corrected chi connectivity index (χ4v) is 4.76. The standard InChI is InChI=1S/C9H11NO4S2/c11-8(12)9(1-2-16(13,14)5-9)3-7-4-10-6-15-7/h4,6H,1-3,5H2,(H,11,12). The highest BCUT2D eigenvalue weighted by molar-refractivity contribution is 7.91. The van der Waals surface area contributed by atoms with Crippen molar-refractivity contribution < 1.29 is 18.3 Å². The van der Waals surface area contributed by atoms with Gasteiger partial charge in [-0.15, -0.1) is 11.3 Å². The van der Waals surface area contributed by atoms with E-state index in [4.69, 9.17) is 0 Å². The molecule has 88 valence electrons. The minimum Gasteiger partial charge on any atom is -0.481 e. The van der Waals surface area contributed by atoms with E-state index in [1.807, 2.05) is 0 Å². The zero-order valence-electron chi connectivity index (χ0n) is 8.42. The van der Waals surface area contributed by atoms with Crippen LogP contribution in [-0.2, 0) is 21.1 Å². The summed E-state index contributed by atoms with van der Waals surface area (Å²) >= 11 is 1.36. The van der Waals surface area contributed by atoms with Gasteiger partial charge in [0.2, 0.25) is 0 Å². The number of carboxylic acid groups (broad SMARTS) is 1. The van der Waals surface area contributed by atoms with Gasteiger partial charge in [-0.3, -0.25) is 9.78 Å². The number of aromatic nitrogens is 1. The minimum absolute atomic E-state index is 0.0297. The maximum Gasteiger partial charge on any atom is 0.311 e. The number of aliphatic carboxylic acids is 1. The first-order valence-corrected chi connectivity index (χ1v) is 7.45. The van der Waals surface area contributed by atoms with Crippen molar-refractivity contribution in [2.24, 2.45) is 5.41 Å². The number of carboxylic acids is 1. The maximum absolute atomic E-state index is 11.4. The lowest BCUT2D eigenvalue weighted by Crippen LogP contribution is -2.34. The van der Waals surface area contributed by atoms with E-state index in [1.165, 1.54) is 11.3 Å². The van der Waals surface area contributed by atoms with Gasteiger partial charge in [0.05, 0.1) is 22.4 Å². The van der Waals surface area contributed by atoms with E-state index in [0.717, 1.165) is 4.88 Å². The fraction of sp³-hybridized carbons (Fsp3) is 0.556. The van der Waals surface area contributed by atoms with Gasteiger partial charge < -0.3 is 5.11 Å². The summed E-state index contributed by atoms with van der Waals surface area (Å²) in [5.41, 5.74) is 0.472. The molecule has 2 heterocycles. The lowest BCUT2D eigenvalue weighted by atomic mass is 9.84. The molecule has 0 spiro atoms. The van der Waals surface area contributed by atoms with E-state index in [0.29, 0.717) is 0 Å². The number of rotatable bonds is 3. The van der Waals surface area contributed by atoms with Crippen LogP contribution in [0.5, 0.6) is 0 Å². The number of hydrogen-bond acceptors (Lipinski definition) is 5. The predicted molar refractivity (Wildman–Crippen MR) is 59.2 cm³/mol. The zero-order valence-corrected chi connectivity index (χ0v) is 10.1. The third-order valence-electron chi connectivity index (χ3n) is 2.84. The molecule has 0 amide bonds. The first kappa shape index (κ1) is 11.5. The summed E-state index contributed by atoms with van der Waals surface area (Å²) in [5, 5.41) is 9.21. The average molecular weight is 261 g/mol. The Morgan fingerprint density at radius 3 is 2.81 bits per heavy atom. The second-order valence-electron chi connectivity index (χ2n) is 4.07. The number of sulfone groups is 1. The Balaban J connectivity index is 2.28. The smallest absolute Gasteiger partial charge is 0.311 e. The van der Waals surface area contributed by atoms with E-state index >= 15 is 0 Å². The highest BCUT2D eigenvalue weighted by Gasteiger charge is 2.48. The van der Waals surface area contributed by atoms with Gasteiger partial charge in [0.1, 0.15) is 0 Å². The summed E-state index contributed by atoms with van der Waals surface area (Å²) in [4.78, 5) is 15.9. The molecule has 2 rings (SSSR count). The molecule has 1 aliphatic heterocycles. The van der Waals surface area contributed by atoms with Crippen molar-refractivity contribution in [1.82, 2.24) is 4.98 Å². The second-order valence-corrected chi connectivity index (χ2v) is 7.23. The first-order chi connectivity index (χ1) is 7.44. The van der Waals surface area contributed by atoms with Crippen LogP contribution in [-0.4, -0.2) is 36.0 Å². The maximum atomic E-state index is 11.4. The molecule has 1 aliphatic rings. The summed E-state index contributed by atoms with van der Waals surface area (Å²) in [6.07, 6.45) is 2.05. The van der Waals surface area contributed by atoms with Crippen LogP contribution < -0.4 is 0 Å². The summed E-state index contributed by atoms with van der Waals surface area (Å²) in [5.74, 6) is -1.31. The average Bonchev–Trinajstić information content (AvgIpc) is 2.75. The predicted octanol–water partition coefficient (Wildman–Crippen LogP) is 0.575. The monoisotopic (exact) mass is 261 g/mol. The van der Waals surface area contributed by atoms with Crippen molar-refractivity contribution in [3.63, 3.8) is 0 Å². The minimum atomic E-state index is -3.20. The van der Waals surface area contributed by atoms with Crippen molar-refractivity contribution in [3.8, 4) is 0 Å². The summed E-state index contributed by atoms with van der Waals surface area (Å²) in [6, 6.07) is 0.